The molecule has 0 aliphatic carbocycles. The fourth-order valence-electron chi connectivity index (χ4n) is 0.962. The van der Waals surface area contributed by atoms with Gasteiger partial charge in [-0.1, -0.05) is 46.8 Å². The van der Waals surface area contributed by atoms with E-state index >= 15 is 0 Å². The van der Waals surface area contributed by atoms with E-state index in [2.05, 4.69) is 37.9 Å². The van der Waals surface area contributed by atoms with Crippen LogP contribution in [0.3, 0.4) is 0 Å². The Morgan fingerprint density at radius 2 is 1.92 bits per heavy atom. The molecule has 0 spiro atoms. The van der Waals surface area contributed by atoms with Crippen LogP contribution in [0.5, 0.6) is 0 Å². The molecule has 0 aromatic carbocycles. The van der Waals surface area contributed by atoms with E-state index in [1.54, 1.807) is 0 Å². The van der Waals surface area contributed by atoms with Crippen LogP contribution in [0.1, 0.15) is 34.6 Å². The highest BCUT2D eigenvalue weighted by molar-refractivity contribution is 5.64. The van der Waals surface area contributed by atoms with Crippen molar-refractivity contribution in [2.24, 2.45) is 16.8 Å². The van der Waals surface area contributed by atoms with E-state index in [9.17, 15) is 0 Å². The first-order chi connectivity index (χ1) is 6.20. The SMILES string of the molecule is CC.CC1C=CC(C(C)C)=CN=C1. The summed E-state index contributed by atoms with van der Waals surface area (Å²) in [7, 11) is 0. The van der Waals surface area contributed by atoms with E-state index < -0.39 is 0 Å². The molecule has 0 N–H and O–H groups in total. The third-order valence-corrected chi connectivity index (χ3v) is 1.80. The molecule has 0 saturated carbocycles. The molecule has 1 rings (SSSR count). The van der Waals surface area contributed by atoms with Gasteiger partial charge in [0.25, 0.3) is 0 Å². The van der Waals surface area contributed by atoms with Crippen molar-refractivity contribution in [2.75, 3.05) is 0 Å². The number of aliphatic imine (C=N–C) groups is 1. The fourth-order valence-corrected chi connectivity index (χ4v) is 0.962. The minimum Gasteiger partial charge on any atom is -0.268 e. The average molecular weight is 179 g/mol. The van der Waals surface area contributed by atoms with Crippen LogP contribution in [0.15, 0.2) is 28.9 Å². The van der Waals surface area contributed by atoms with Crippen molar-refractivity contribution in [3.05, 3.63) is 23.9 Å². The van der Waals surface area contributed by atoms with Crippen molar-refractivity contribution in [3.63, 3.8) is 0 Å². The maximum atomic E-state index is 4.20. The van der Waals surface area contributed by atoms with Crippen LogP contribution in [0, 0.1) is 11.8 Å². The van der Waals surface area contributed by atoms with Gasteiger partial charge in [-0.3, -0.25) is 4.99 Å². The van der Waals surface area contributed by atoms with E-state index in [-0.39, 0.29) is 0 Å². The molecule has 13 heavy (non-hydrogen) atoms. The van der Waals surface area contributed by atoms with Crippen molar-refractivity contribution < 1.29 is 0 Å². The Labute approximate surface area is 82.3 Å². The van der Waals surface area contributed by atoms with Gasteiger partial charge >= 0.3 is 0 Å². The van der Waals surface area contributed by atoms with Crippen LogP contribution in [-0.4, -0.2) is 6.21 Å². The molecule has 0 bridgehead atoms. The molecule has 1 unspecified atom stereocenters. The third-order valence-electron chi connectivity index (χ3n) is 1.80. The zero-order chi connectivity index (χ0) is 10.3. The van der Waals surface area contributed by atoms with Crippen LogP contribution >= 0.6 is 0 Å². The van der Waals surface area contributed by atoms with Crippen molar-refractivity contribution in [3.8, 4) is 0 Å². The summed E-state index contributed by atoms with van der Waals surface area (Å²) < 4.78 is 0. The number of hydrogen-bond acceptors (Lipinski definition) is 1. The van der Waals surface area contributed by atoms with E-state index in [1.165, 1.54) is 5.57 Å². The minimum absolute atomic E-state index is 0.475. The van der Waals surface area contributed by atoms with Gasteiger partial charge in [0.1, 0.15) is 0 Å². The van der Waals surface area contributed by atoms with Crippen LogP contribution < -0.4 is 0 Å². The van der Waals surface area contributed by atoms with Gasteiger partial charge in [0.2, 0.25) is 0 Å². The molecule has 1 heterocycles. The largest absolute Gasteiger partial charge is 0.268 e. The maximum absolute atomic E-state index is 4.20. The molecule has 1 aliphatic heterocycles. The molecule has 0 aromatic rings. The first kappa shape index (κ1) is 12.2. The predicted molar refractivity (Wildman–Crippen MR) is 61.1 cm³/mol. The smallest absolute Gasteiger partial charge is 0.0298 e. The molecule has 0 aromatic heterocycles. The van der Waals surface area contributed by atoms with Crippen molar-refractivity contribution in [1.29, 1.82) is 0 Å². The minimum atomic E-state index is 0.475. The number of hydrogen-bond donors (Lipinski definition) is 0. The number of rotatable bonds is 1. The second kappa shape index (κ2) is 6.64. The van der Waals surface area contributed by atoms with Crippen molar-refractivity contribution in [2.45, 2.75) is 34.6 Å². The second-order valence-corrected chi connectivity index (χ2v) is 3.30. The van der Waals surface area contributed by atoms with Gasteiger partial charge in [-0.05, 0) is 11.5 Å². The van der Waals surface area contributed by atoms with E-state index in [4.69, 9.17) is 0 Å². The van der Waals surface area contributed by atoms with Crippen molar-refractivity contribution in [1.82, 2.24) is 0 Å². The van der Waals surface area contributed by atoms with Gasteiger partial charge in [-0.2, -0.15) is 0 Å². The van der Waals surface area contributed by atoms with Crippen LogP contribution in [0.4, 0.5) is 0 Å². The molecule has 1 atom stereocenters. The second-order valence-electron chi connectivity index (χ2n) is 3.30. The quantitative estimate of drug-likeness (QED) is 0.580. The normalized spacial score (nSPS) is 20.5. The first-order valence-corrected chi connectivity index (χ1v) is 5.11. The van der Waals surface area contributed by atoms with Gasteiger partial charge < -0.3 is 0 Å². The van der Waals surface area contributed by atoms with E-state index in [0.29, 0.717) is 11.8 Å². The molecule has 0 fully saturated rings. The zero-order valence-corrected chi connectivity index (χ0v) is 9.41. The van der Waals surface area contributed by atoms with Crippen LogP contribution in [0.25, 0.3) is 0 Å². The Morgan fingerprint density at radius 3 is 2.46 bits per heavy atom. The summed E-state index contributed by atoms with van der Waals surface area (Å²) in [5.41, 5.74) is 1.31. The Hall–Kier alpha value is -0.850. The summed E-state index contributed by atoms with van der Waals surface area (Å²) in [6, 6.07) is 0. The predicted octanol–water partition coefficient (Wildman–Crippen LogP) is 3.83. The van der Waals surface area contributed by atoms with Gasteiger partial charge in [-0.15, -0.1) is 0 Å². The number of nitrogens with zero attached hydrogens (tertiary/aromatic N) is 1. The third kappa shape index (κ3) is 4.66. The summed E-state index contributed by atoms with van der Waals surface area (Å²) >= 11 is 0. The molecular formula is C12H21N. The maximum Gasteiger partial charge on any atom is 0.0298 e. The lowest BCUT2D eigenvalue weighted by molar-refractivity contribution is 0.788. The highest BCUT2D eigenvalue weighted by Crippen LogP contribution is 2.14. The van der Waals surface area contributed by atoms with Gasteiger partial charge in [0.05, 0.1) is 0 Å². The summed E-state index contributed by atoms with van der Waals surface area (Å²) in [6.45, 7) is 10.5. The van der Waals surface area contributed by atoms with Gasteiger partial charge in [0, 0.05) is 18.3 Å². The molecule has 0 amide bonds. The molecule has 1 aliphatic rings. The molecular weight excluding hydrogens is 158 g/mol. The molecule has 1 heteroatoms. The highest BCUT2D eigenvalue weighted by atomic mass is 14.7. The first-order valence-electron chi connectivity index (χ1n) is 5.11. The van der Waals surface area contributed by atoms with Crippen LogP contribution in [0.2, 0.25) is 0 Å². The lowest BCUT2D eigenvalue weighted by Gasteiger charge is -2.02. The van der Waals surface area contributed by atoms with Crippen molar-refractivity contribution >= 4 is 6.21 Å². The van der Waals surface area contributed by atoms with Crippen LogP contribution in [-0.2, 0) is 0 Å². The topological polar surface area (TPSA) is 12.4 Å². The monoisotopic (exact) mass is 179 g/mol. The lowest BCUT2D eigenvalue weighted by atomic mass is 10.0. The lowest BCUT2D eigenvalue weighted by Crippen LogP contribution is -1.89. The Bertz CT molecular complexity index is 209. The van der Waals surface area contributed by atoms with Gasteiger partial charge in [-0.25, -0.2) is 0 Å². The Morgan fingerprint density at radius 1 is 1.31 bits per heavy atom. The summed E-state index contributed by atoms with van der Waals surface area (Å²) in [6.07, 6.45) is 8.27. The van der Waals surface area contributed by atoms with E-state index in [0.717, 1.165) is 0 Å². The standard InChI is InChI=1S/C10H15N.C2H6/c1-8(2)10-5-4-9(3)6-11-7-10;1-2/h4-9H,1-3H3;1-2H3. The summed E-state index contributed by atoms with van der Waals surface area (Å²) in [5.74, 6) is 1.05. The fraction of sp³-hybridized carbons (Fsp3) is 0.583. The molecule has 1 nitrogen and oxygen atoms in total. The Kier molecular flexibility index (Phi) is 6.21. The average Bonchev–Trinajstić information content (AvgIpc) is 2.33. The summed E-state index contributed by atoms with van der Waals surface area (Å²) in [5, 5.41) is 0. The zero-order valence-electron chi connectivity index (χ0n) is 9.41. The van der Waals surface area contributed by atoms with E-state index in [1.807, 2.05) is 26.3 Å². The van der Waals surface area contributed by atoms with Gasteiger partial charge in [0.15, 0.2) is 0 Å². The number of allylic oxidation sites excluding steroid dienone is 3. The molecule has 0 radical (unpaired) electrons. The summed E-state index contributed by atoms with van der Waals surface area (Å²) in [4.78, 5) is 4.20. The molecule has 74 valence electrons. The Balaban J connectivity index is 0.000000671. The highest BCUT2D eigenvalue weighted by Gasteiger charge is 2.01. The molecule has 0 saturated heterocycles.